The molecule has 1 heterocycles. The number of halogens is 1. The number of carbonyl (C=O) groups is 1. The first-order valence-corrected chi connectivity index (χ1v) is 9.01. The summed E-state index contributed by atoms with van der Waals surface area (Å²) in [5.74, 6) is -0.440. The first-order chi connectivity index (χ1) is 13.0. The van der Waals surface area contributed by atoms with E-state index in [1.807, 2.05) is 24.3 Å². The lowest BCUT2D eigenvalue weighted by atomic mass is 10.1. The lowest BCUT2D eigenvalue weighted by molar-refractivity contribution is -0.384. The van der Waals surface area contributed by atoms with E-state index in [0.717, 1.165) is 44.0 Å². The number of nitro groups is 1. The Morgan fingerprint density at radius 2 is 1.89 bits per heavy atom. The zero-order valence-corrected chi connectivity index (χ0v) is 15.4. The average molecular weight is 390 g/mol. The Bertz CT molecular complexity index is 837. The maximum Gasteiger partial charge on any atom is 0.270 e. The number of rotatable bonds is 6. The standard InChI is InChI=1S/C19H20ClN3O4/c20-18-6-5-16(23(25)26)11-17(18)19(24)21-12-14-3-1-2-4-15(14)13-22-7-9-27-10-8-22/h1-6,11H,7-10,12-13H2,(H,21,24). The summed E-state index contributed by atoms with van der Waals surface area (Å²) in [6.45, 7) is 4.31. The van der Waals surface area contributed by atoms with Crippen molar-refractivity contribution in [2.24, 2.45) is 0 Å². The van der Waals surface area contributed by atoms with Crippen LogP contribution in [0, 0.1) is 10.1 Å². The molecule has 1 N–H and O–H groups in total. The number of nitrogens with zero attached hydrogens (tertiary/aromatic N) is 2. The van der Waals surface area contributed by atoms with Crippen LogP contribution in [0.3, 0.4) is 0 Å². The molecule has 0 aliphatic carbocycles. The van der Waals surface area contributed by atoms with Gasteiger partial charge in [0.25, 0.3) is 11.6 Å². The Labute approximate surface area is 162 Å². The molecule has 1 amide bonds. The normalized spacial score (nSPS) is 14.7. The predicted molar refractivity (Wildman–Crippen MR) is 102 cm³/mol. The van der Waals surface area contributed by atoms with Gasteiger partial charge < -0.3 is 10.1 Å². The van der Waals surface area contributed by atoms with Gasteiger partial charge >= 0.3 is 0 Å². The van der Waals surface area contributed by atoms with Crippen LogP contribution in [0.15, 0.2) is 42.5 Å². The highest BCUT2D eigenvalue weighted by atomic mass is 35.5. The highest BCUT2D eigenvalue weighted by molar-refractivity contribution is 6.33. The van der Waals surface area contributed by atoms with Gasteiger partial charge in [0, 0.05) is 38.3 Å². The minimum atomic E-state index is -0.551. The van der Waals surface area contributed by atoms with E-state index >= 15 is 0 Å². The molecule has 27 heavy (non-hydrogen) atoms. The second-order valence-corrected chi connectivity index (χ2v) is 6.67. The van der Waals surface area contributed by atoms with E-state index < -0.39 is 10.8 Å². The SMILES string of the molecule is O=C(NCc1ccccc1CN1CCOCC1)c1cc([N+](=O)[O-])ccc1Cl. The molecule has 7 nitrogen and oxygen atoms in total. The smallest absolute Gasteiger partial charge is 0.270 e. The topological polar surface area (TPSA) is 84.7 Å². The maximum absolute atomic E-state index is 12.5. The van der Waals surface area contributed by atoms with E-state index in [2.05, 4.69) is 10.2 Å². The fraction of sp³-hybridized carbons (Fsp3) is 0.316. The van der Waals surface area contributed by atoms with Gasteiger partial charge in [-0.05, 0) is 17.2 Å². The third-order valence-electron chi connectivity index (χ3n) is 4.46. The molecule has 0 radical (unpaired) electrons. The molecule has 0 saturated carbocycles. The number of benzene rings is 2. The Hall–Kier alpha value is -2.48. The fourth-order valence-electron chi connectivity index (χ4n) is 2.96. The molecular weight excluding hydrogens is 370 g/mol. The lowest BCUT2D eigenvalue weighted by Gasteiger charge is -2.27. The molecule has 0 atom stereocenters. The van der Waals surface area contributed by atoms with Crippen LogP contribution >= 0.6 is 11.6 Å². The van der Waals surface area contributed by atoms with Gasteiger partial charge in [-0.3, -0.25) is 19.8 Å². The zero-order valence-electron chi connectivity index (χ0n) is 14.7. The van der Waals surface area contributed by atoms with Gasteiger partial charge in [0.2, 0.25) is 0 Å². The summed E-state index contributed by atoms with van der Waals surface area (Å²) < 4.78 is 5.37. The monoisotopic (exact) mass is 389 g/mol. The van der Waals surface area contributed by atoms with Crippen molar-refractivity contribution in [1.82, 2.24) is 10.2 Å². The second-order valence-electron chi connectivity index (χ2n) is 6.26. The van der Waals surface area contributed by atoms with Crippen LogP contribution in [0.4, 0.5) is 5.69 Å². The molecule has 1 aliphatic rings. The summed E-state index contributed by atoms with van der Waals surface area (Å²) in [6.07, 6.45) is 0. The minimum absolute atomic E-state index is 0.0940. The van der Waals surface area contributed by atoms with Gasteiger partial charge in [-0.15, -0.1) is 0 Å². The Morgan fingerprint density at radius 3 is 2.59 bits per heavy atom. The van der Waals surface area contributed by atoms with Crippen molar-refractivity contribution in [2.45, 2.75) is 13.1 Å². The van der Waals surface area contributed by atoms with Crippen LogP contribution in [0.25, 0.3) is 0 Å². The number of amides is 1. The quantitative estimate of drug-likeness (QED) is 0.606. The number of carbonyl (C=O) groups excluding carboxylic acids is 1. The predicted octanol–water partition coefficient (Wildman–Crippen LogP) is 3.01. The summed E-state index contributed by atoms with van der Waals surface area (Å²) in [7, 11) is 0. The first-order valence-electron chi connectivity index (χ1n) is 8.63. The largest absolute Gasteiger partial charge is 0.379 e. The van der Waals surface area contributed by atoms with Crippen LogP contribution in [0.1, 0.15) is 21.5 Å². The molecule has 0 unspecified atom stereocenters. The van der Waals surface area contributed by atoms with Crippen molar-refractivity contribution < 1.29 is 14.5 Å². The third-order valence-corrected chi connectivity index (χ3v) is 4.79. The number of morpholine rings is 1. The third kappa shape index (κ3) is 5.03. The van der Waals surface area contributed by atoms with E-state index in [1.54, 1.807) is 0 Å². The molecule has 0 bridgehead atoms. The van der Waals surface area contributed by atoms with Gasteiger partial charge in [-0.25, -0.2) is 0 Å². The fourth-order valence-corrected chi connectivity index (χ4v) is 3.16. The van der Waals surface area contributed by atoms with Gasteiger partial charge in [0.1, 0.15) is 0 Å². The summed E-state index contributed by atoms with van der Waals surface area (Å²) in [6, 6.07) is 11.7. The molecule has 0 spiro atoms. The highest BCUT2D eigenvalue weighted by Gasteiger charge is 2.17. The van der Waals surface area contributed by atoms with Crippen LogP contribution in [-0.4, -0.2) is 42.0 Å². The molecule has 2 aromatic rings. The number of hydrogen-bond donors (Lipinski definition) is 1. The Morgan fingerprint density at radius 1 is 1.19 bits per heavy atom. The van der Waals surface area contributed by atoms with Crippen LogP contribution in [-0.2, 0) is 17.8 Å². The first kappa shape index (κ1) is 19.3. The molecule has 1 fully saturated rings. The summed E-state index contributed by atoms with van der Waals surface area (Å²) in [5.41, 5.74) is 2.05. The lowest BCUT2D eigenvalue weighted by Crippen LogP contribution is -2.36. The van der Waals surface area contributed by atoms with Crippen molar-refractivity contribution in [3.05, 3.63) is 74.3 Å². The Balaban J connectivity index is 1.69. The highest BCUT2D eigenvalue weighted by Crippen LogP contribution is 2.22. The molecule has 1 saturated heterocycles. The maximum atomic E-state index is 12.5. The summed E-state index contributed by atoms with van der Waals surface area (Å²) >= 11 is 6.04. The Kier molecular flexibility index (Phi) is 6.39. The number of nitro benzene ring substituents is 1. The molecule has 1 aliphatic heterocycles. The van der Waals surface area contributed by atoms with E-state index in [1.165, 1.54) is 18.2 Å². The van der Waals surface area contributed by atoms with E-state index in [9.17, 15) is 14.9 Å². The summed E-state index contributed by atoms with van der Waals surface area (Å²) in [4.78, 5) is 25.1. The van der Waals surface area contributed by atoms with Crippen LogP contribution in [0.2, 0.25) is 5.02 Å². The van der Waals surface area contributed by atoms with E-state index in [4.69, 9.17) is 16.3 Å². The molecule has 3 rings (SSSR count). The van der Waals surface area contributed by atoms with Crippen LogP contribution < -0.4 is 5.32 Å². The molecule has 0 aromatic heterocycles. The summed E-state index contributed by atoms with van der Waals surface area (Å²) in [5, 5.41) is 13.9. The molecular formula is C19H20ClN3O4. The van der Waals surface area contributed by atoms with E-state index in [0.29, 0.717) is 6.54 Å². The number of ether oxygens (including phenoxy) is 1. The van der Waals surface area contributed by atoms with Gasteiger partial charge in [0.05, 0.1) is 28.7 Å². The zero-order chi connectivity index (χ0) is 19.2. The number of non-ortho nitro benzene ring substituents is 1. The average Bonchev–Trinajstić information content (AvgIpc) is 2.68. The molecule has 142 valence electrons. The molecule has 2 aromatic carbocycles. The van der Waals surface area contributed by atoms with Crippen molar-refractivity contribution in [3.8, 4) is 0 Å². The van der Waals surface area contributed by atoms with Gasteiger partial charge in [0.15, 0.2) is 0 Å². The van der Waals surface area contributed by atoms with Crippen LogP contribution in [0.5, 0.6) is 0 Å². The van der Waals surface area contributed by atoms with Gasteiger partial charge in [-0.2, -0.15) is 0 Å². The number of nitrogens with one attached hydrogen (secondary N) is 1. The second kappa shape index (κ2) is 8.94. The number of hydrogen-bond acceptors (Lipinski definition) is 5. The van der Waals surface area contributed by atoms with Crippen molar-refractivity contribution in [2.75, 3.05) is 26.3 Å². The van der Waals surface area contributed by atoms with Gasteiger partial charge in [-0.1, -0.05) is 35.9 Å². The molecule has 8 heteroatoms. The van der Waals surface area contributed by atoms with Crippen molar-refractivity contribution in [3.63, 3.8) is 0 Å². The van der Waals surface area contributed by atoms with E-state index in [-0.39, 0.29) is 16.3 Å². The van der Waals surface area contributed by atoms with Crippen molar-refractivity contribution >= 4 is 23.2 Å². The van der Waals surface area contributed by atoms with Crippen molar-refractivity contribution in [1.29, 1.82) is 0 Å². The minimum Gasteiger partial charge on any atom is -0.379 e.